The van der Waals surface area contributed by atoms with Gasteiger partial charge in [-0.1, -0.05) is 220 Å². The fourth-order valence-corrected chi connectivity index (χ4v) is 16.2. The lowest BCUT2D eigenvalue weighted by molar-refractivity contribution is 0.589. The standard InChI is InChI=1S/C74H81Si/c1-46-26-20-27-47(2)67(46)59-36-24-37-60(68-48(3)28-21-29-49(68)4)63(59)44-54-42-56(72(9,10)11)43-55(71(54)75(74(15,16)17)66-41-40-65(73(12,13)14)57-34-18-19-35-58(57)66)45-64-61(69-50(5)30-22-31-51(69)6)38-25-39-62(64)70-52(7)32-23-33-53(70)8/h18-43H,44-45H2,1-17H3. The fourth-order valence-electron chi connectivity index (χ4n) is 12.7. The first-order valence-corrected chi connectivity index (χ1v) is 29.0. The van der Waals surface area contributed by atoms with Gasteiger partial charge >= 0.3 is 0 Å². The van der Waals surface area contributed by atoms with Crippen molar-refractivity contribution in [3.63, 3.8) is 0 Å². The van der Waals surface area contributed by atoms with E-state index < -0.39 is 8.80 Å². The summed E-state index contributed by atoms with van der Waals surface area (Å²) in [6.07, 6.45) is 1.59. The summed E-state index contributed by atoms with van der Waals surface area (Å²) < 4.78 is 0. The first kappa shape index (κ1) is 53.3. The third-order valence-electron chi connectivity index (χ3n) is 16.3. The molecule has 75 heavy (non-hydrogen) atoms. The number of rotatable bonds is 10. The Morgan fingerprint density at radius 3 is 0.960 bits per heavy atom. The maximum atomic E-state index is 2.67. The molecular formula is C74H81Si. The van der Waals surface area contributed by atoms with Crippen LogP contribution in [0.3, 0.4) is 0 Å². The third-order valence-corrected chi connectivity index (χ3v) is 19.9. The van der Waals surface area contributed by atoms with Gasteiger partial charge in [-0.3, -0.25) is 0 Å². The lowest BCUT2D eigenvalue weighted by atomic mass is 9.79. The molecule has 9 aromatic carbocycles. The first-order chi connectivity index (χ1) is 35.4. The molecular weight excluding hydrogens is 917 g/mol. The van der Waals surface area contributed by atoms with Crippen molar-refractivity contribution in [1.82, 2.24) is 0 Å². The molecule has 0 atom stereocenters. The Hall–Kier alpha value is -6.54. The van der Waals surface area contributed by atoms with E-state index in [4.69, 9.17) is 0 Å². The number of aryl methyl sites for hydroxylation is 8. The summed E-state index contributed by atoms with van der Waals surface area (Å²) in [6, 6.07) is 61.3. The van der Waals surface area contributed by atoms with Crippen LogP contribution in [0.5, 0.6) is 0 Å². The Morgan fingerprint density at radius 2 is 0.653 bits per heavy atom. The zero-order chi connectivity index (χ0) is 53.9. The molecule has 0 aliphatic rings. The zero-order valence-corrected chi connectivity index (χ0v) is 49.4. The molecule has 0 bridgehead atoms. The highest BCUT2D eigenvalue weighted by Crippen LogP contribution is 2.44. The van der Waals surface area contributed by atoms with Crippen LogP contribution in [0.15, 0.2) is 158 Å². The van der Waals surface area contributed by atoms with E-state index in [1.54, 1.807) is 5.19 Å². The summed E-state index contributed by atoms with van der Waals surface area (Å²) in [6.45, 7) is 40.4. The van der Waals surface area contributed by atoms with Crippen molar-refractivity contribution in [1.29, 1.82) is 0 Å². The lowest BCUT2D eigenvalue weighted by Gasteiger charge is -2.36. The number of fused-ring (bicyclic) bond motifs is 1. The maximum Gasteiger partial charge on any atom is 0.128 e. The molecule has 0 nitrogen and oxygen atoms in total. The van der Waals surface area contributed by atoms with E-state index in [0.717, 1.165) is 12.8 Å². The average Bonchev–Trinajstić information content (AvgIpc) is 3.32. The van der Waals surface area contributed by atoms with E-state index in [1.165, 1.54) is 138 Å². The van der Waals surface area contributed by atoms with Crippen molar-refractivity contribution in [2.24, 2.45) is 0 Å². The summed E-state index contributed by atoms with van der Waals surface area (Å²) in [5.41, 5.74) is 29.6. The molecule has 0 spiro atoms. The highest BCUT2D eigenvalue weighted by atomic mass is 28.3. The summed E-state index contributed by atoms with van der Waals surface area (Å²) in [4.78, 5) is 0. The minimum atomic E-state index is -1.63. The molecule has 0 amide bonds. The average molecular weight is 999 g/mol. The van der Waals surface area contributed by atoms with Crippen LogP contribution in [0.2, 0.25) is 5.04 Å². The zero-order valence-electron chi connectivity index (χ0n) is 48.4. The van der Waals surface area contributed by atoms with E-state index in [0.29, 0.717) is 0 Å². The normalized spacial score (nSPS) is 12.3. The molecule has 9 rings (SSSR count). The van der Waals surface area contributed by atoms with Gasteiger partial charge in [-0.15, -0.1) is 0 Å². The molecule has 0 saturated heterocycles. The second-order valence-corrected chi connectivity index (χ2v) is 28.4. The molecule has 0 fully saturated rings. The van der Waals surface area contributed by atoms with Gasteiger partial charge in [0.15, 0.2) is 0 Å². The van der Waals surface area contributed by atoms with E-state index >= 15 is 0 Å². The second kappa shape index (κ2) is 20.5. The second-order valence-electron chi connectivity index (χ2n) is 25.1. The van der Waals surface area contributed by atoms with Gasteiger partial charge in [0, 0.05) is 0 Å². The van der Waals surface area contributed by atoms with Crippen molar-refractivity contribution < 1.29 is 0 Å². The van der Waals surface area contributed by atoms with Crippen LogP contribution in [-0.4, -0.2) is 8.80 Å². The molecule has 0 aliphatic carbocycles. The summed E-state index contributed by atoms with van der Waals surface area (Å²) in [5, 5.41) is 5.73. The van der Waals surface area contributed by atoms with Gasteiger partial charge in [-0.2, -0.15) is 0 Å². The van der Waals surface area contributed by atoms with Crippen LogP contribution in [0, 0.1) is 55.4 Å². The first-order valence-electron chi connectivity index (χ1n) is 27.5. The van der Waals surface area contributed by atoms with Gasteiger partial charge in [-0.25, -0.2) is 0 Å². The Balaban J connectivity index is 1.47. The summed E-state index contributed by atoms with van der Waals surface area (Å²) in [5.74, 6) is 0. The molecule has 9 aromatic rings. The predicted octanol–water partition coefficient (Wildman–Crippen LogP) is 19.2. The van der Waals surface area contributed by atoms with Gasteiger partial charge in [0.2, 0.25) is 0 Å². The van der Waals surface area contributed by atoms with Crippen molar-refractivity contribution in [2.45, 2.75) is 146 Å². The van der Waals surface area contributed by atoms with Crippen molar-refractivity contribution in [3.8, 4) is 44.5 Å². The number of benzene rings is 9. The molecule has 1 radical (unpaired) electrons. The van der Waals surface area contributed by atoms with Crippen LogP contribution >= 0.6 is 0 Å². The Morgan fingerprint density at radius 1 is 0.333 bits per heavy atom. The topological polar surface area (TPSA) is 0 Å². The Labute approximate surface area is 454 Å². The summed E-state index contributed by atoms with van der Waals surface area (Å²) >= 11 is 0. The Bertz CT molecular complexity index is 3240. The van der Waals surface area contributed by atoms with E-state index in [9.17, 15) is 0 Å². The minimum absolute atomic E-state index is 0.0134. The predicted molar refractivity (Wildman–Crippen MR) is 331 cm³/mol. The third kappa shape index (κ3) is 10.3. The molecule has 0 unspecified atom stereocenters. The number of hydrogen-bond acceptors (Lipinski definition) is 0. The van der Waals surface area contributed by atoms with Crippen molar-refractivity contribution >= 4 is 29.9 Å². The van der Waals surface area contributed by atoms with Gasteiger partial charge in [0.1, 0.15) is 8.80 Å². The van der Waals surface area contributed by atoms with Crippen LogP contribution < -0.4 is 10.4 Å². The molecule has 0 saturated carbocycles. The SMILES string of the molecule is Cc1cccc(C)c1-c1cccc(-c2c(C)cccc2C)c1Cc1cc(C(C)(C)C)cc(Cc2c(-c3c(C)cccc3C)cccc2-c2c(C)cccc2C)c1[Si](c1ccc(C(C)(C)C)c2ccccc12)C(C)(C)C. The minimum Gasteiger partial charge on any atom is -0.0621 e. The Kier molecular flexibility index (Phi) is 14.6. The smallest absolute Gasteiger partial charge is 0.0621 e. The monoisotopic (exact) mass is 998 g/mol. The van der Waals surface area contributed by atoms with Gasteiger partial charge < -0.3 is 0 Å². The quantitative estimate of drug-likeness (QED) is 0.120. The molecule has 381 valence electrons. The number of hydrogen-bond donors (Lipinski definition) is 0. The van der Waals surface area contributed by atoms with Gasteiger partial charge in [0.25, 0.3) is 0 Å². The highest BCUT2D eigenvalue weighted by molar-refractivity contribution is 6.89. The van der Waals surface area contributed by atoms with Crippen molar-refractivity contribution in [3.05, 3.63) is 236 Å². The highest BCUT2D eigenvalue weighted by Gasteiger charge is 2.38. The maximum absolute atomic E-state index is 2.67. The molecule has 0 aromatic heterocycles. The van der Waals surface area contributed by atoms with Gasteiger partial charge in [0.05, 0.1) is 0 Å². The fraction of sp³-hybridized carbons (Fsp3) is 0.297. The molecule has 0 aliphatic heterocycles. The molecule has 0 heterocycles. The van der Waals surface area contributed by atoms with Crippen LogP contribution in [0.4, 0.5) is 0 Å². The van der Waals surface area contributed by atoms with E-state index in [1.807, 2.05) is 0 Å². The van der Waals surface area contributed by atoms with Gasteiger partial charge in [-0.05, 0) is 228 Å². The van der Waals surface area contributed by atoms with Crippen LogP contribution in [0.25, 0.3) is 55.3 Å². The van der Waals surface area contributed by atoms with Crippen molar-refractivity contribution in [2.75, 3.05) is 0 Å². The molecule has 0 N–H and O–H groups in total. The van der Waals surface area contributed by atoms with Crippen LogP contribution in [0.1, 0.15) is 140 Å². The van der Waals surface area contributed by atoms with Crippen LogP contribution in [-0.2, 0) is 23.7 Å². The summed E-state index contributed by atoms with van der Waals surface area (Å²) in [7, 11) is -1.63. The molecule has 1 heteroatoms. The van der Waals surface area contributed by atoms with E-state index in [2.05, 4.69) is 275 Å². The largest absolute Gasteiger partial charge is 0.128 e. The van der Waals surface area contributed by atoms with E-state index in [-0.39, 0.29) is 15.9 Å². The lowest BCUT2D eigenvalue weighted by Crippen LogP contribution is -2.52.